The SMILES string of the molecule is CCSCc1ccc(NC(=O)N2CCCC(C(=O)O)C2)cc1. The summed E-state index contributed by atoms with van der Waals surface area (Å²) in [5.74, 6) is 0.776. The molecule has 0 aliphatic carbocycles. The van der Waals surface area contributed by atoms with Gasteiger partial charge in [-0.25, -0.2) is 4.79 Å². The molecule has 1 aliphatic rings. The van der Waals surface area contributed by atoms with E-state index in [-0.39, 0.29) is 12.6 Å². The molecule has 1 aromatic rings. The number of aliphatic carboxylic acids is 1. The van der Waals surface area contributed by atoms with E-state index in [9.17, 15) is 9.59 Å². The van der Waals surface area contributed by atoms with Crippen LogP contribution in [0.4, 0.5) is 10.5 Å². The molecule has 5 nitrogen and oxygen atoms in total. The number of carboxylic acid groups (broad SMARTS) is 1. The summed E-state index contributed by atoms with van der Waals surface area (Å²) in [6, 6.07) is 7.58. The van der Waals surface area contributed by atoms with Crippen LogP contribution < -0.4 is 5.32 Å². The number of hydrogen-bond acceptors (Lipinski definition) is 3. The number of carboxylic acids is 1. The molecule has 1 aliphatic heterocycles. The molecule has 1 fully saturated rings. The van der Waals surface area contributed by atoms with Crippen LogP contribution in [0.1, 0.15) is 25.3 Å². The third kappa shape index (κ3) is 4.66. The Kier molecular flexibility index (Phi) is 6.12. The molecule has 1 heterocycles. The lowest BCUT2D eigenvalue weighted by atomic mass is 9.99. The van der Waals surface area contributed by atoms with Gasteiger partial charge in [-0.1, -0.05) is 19.1 Å². The molecular weight excluding hydrogens is 300 g/mol. The van der Waals surface area contributed by atoms with Gasteiger partial charge in [0.1, 0.15) is 0 Å². The predicted octanol–water partition coefficient (Wildman–Crippen LogP) is 3.27. The normalized spacial score (nSPS) is 18.0. The van der Waals surface area contributed by atoms with Crippen molar-refractivity contribution in [2.45, 2.75) is 25.5 Å². The molecule has 2 amide bonds. The van der Waals surface area contributed by atoms with Crippen molar-refractivity contribution >= 4 is 29.4 Å². The minimum atomic E-state index is -0.824. The number of carbonyl (C=O) groups is 2. The zero-order valence-electron chi connectivity index (χ0n) is 12.7. The van der Waals surface area contributed by atoms with Gasteiger partial charge in [-0.3, -0.25) is 4.79 Å². The molecule has 1 aromatic carbocycles. The van der Waals surface area contributed by atoms with Crippen LogP contribution in [0.5, 0.6) is 0 Å². The number of rotatable bonds is 5. The molecule has 120 valence electrons. The number of piperidine rings is 1. The van der Waals surface area contributed by atoms with Crippen LogP contribution in [-0.2, 0) is 10.5 Å². The average Bonchev–Trinajstić information content (AvgIpc) is 2.54. The van der Waals surface area contributed by atoms with Crippen molar-refractivity contribution in [2.75, 3.05) is 24.2 Å². The summed E-state index contributed by atoms with van der Waals surface area (Å²) in [6.45, 7) is 3.02. The number of amides is 2. The van der Waals surface area contributed by atoms with E-state index in [1.165, 1.54) is 5.56 Å². The number of thioether (sulfide) groups is 1. The number of nitrogens with zero attached hydrogens (tertiary/aromatic N) is 1. The van der Waals surface area contributed by atoms with E-state index >= 15 is 0 Å². The van der Waals surface area contributed by atoms with Gasteiger partial charge in [0.15, 0.2) is 0 Å². The summed E-state index contributed by atoms with van der Waals surface area (Å²) >= 11 is 1.86. The molecule has 2 rings (SSSR count). The van der Waals surface area contributed by atoms with E-state index in [4.69, 9.17) is 5.11 Å². The molecule has 0 spiro atoms. The van der Waals surface area contributed by atoms with Crippen molar-refractivity contribution in [1.82, 2.24) is 4.90 Å². The Bertz CT molecular complexity index is 519. The van der Waals surface area contributed by atoms with Crippen LogP contribution in [0.3, 0.4) is 0 Å². The maximum atomic E-state index is 12.2. The standard InChI is InChI=1S/C16H22N2O3S/c1-2-22-11-12-5-7-14(8-6-12)17-16(21)18-9-3-4-13(10-18)15(19)20/h5-8,13H,2-4,9-11H2,1H3,(H,17,21)(H,19,20). The van der Waals surface area contributed by atoms with E-state index in [0.29, 0.717) is 13.0 Å². The van der Waals surface area contributed by atoms with Crippen LogP contribution in [0.2, 0.25) is 0 Å². The van der Waals surface area contributed by atoms with E-state index < -0.39 is 11.9 Å². The minimum Gasteiger partial charge on any atom is -0.481 e. The smallest absolute Gasteiger partial charge is 0.321 e. The number of likely N-dealkylation sites (tertiary alicyclic amines) is 1. The van der Waals surface area contributed by atoms with E-state index in [0.717, 1.165) is 23.6 Å². The van der Waals surface area contributed by atoms with Crippen molar-refractivity contribution in [3.63, 3.8) is 0 Å². The molecule has 22 heavy (non-hydrogen) atoms. The lowest BCUT2D eigenvalue weighted by Crippen LogP contribution is -2.44. The number of nitrogens with one attached hydrogen (secondary N) is 1. The van der Waals surface area contributed by atoms with Crippen molar-refractivity contribution in [1.29, 1.82) is 0 Å². The van der Waals surface area contributed by atoms with Gasteiger partial charge >= 0.3 is 12.0 Å². The van der Waals surface area contributed by atoms with Crippen LogP contribution in [0, 0.1) is 5.92 Å². The zero-order chi connectivity index (χ0) is 15.9. The van der Waals surface area contributed by atoms with E-state index in [1.54, 1.807) is 4.90 Å². The molecular formula is C16H22N2O3S. The first-order chi connectivity index (χ1) is 10.6. The number of anilines is 1. The number of carbonyl (C=O) groups excluding carboxylic acids is 1. The Balaban J connectivity index is 1.89. The summed E-state index contributed by atoms with van der Waals surface area (Å²) in [4.78, 5) is 24.8. The van der Waals surface area contributed by atoms with E-state index in [1.807, 2.05) is 36.0 Å². The summed E-state index contributed by atoms with van der Waals surface area (Å²) in [6.07, 6.45) is 1.38. The monoisotopic (exact) mass is 322 g/mol. The number of benzene rings is 1. The molecule has 0 saturated carbocycles. The van der Waals surface area contributed by atoms with Crippen molar-refractivity contribution in [2.24, 2.45) is 5.92 Å². The van der Waals surface area contributed by atoms with Gasteiger partial charge in [0, 0.05) is 24.5 Å². The molecule has 1 saturated heterocycles. The fraction of sp³-hybridized carbons (Fsp3) is 0.500. The summed E-state index contributed by atoms with van der Waals surface area (Å²) in [5.41, 5.74) is 1.97. The third-order valence-electron chi connectivity index (χ3n) is 3.74. The molecule has 2 N–H and O–H groups in total. The van der Waals surface area contributed by atoms with Crippen LogP contribution >= 0.6 is 11.8 Å². The summed E-state index contributed by atoms with van der Waals surface area (Å²) in [5, 5.41) is 11.9. The highest BCUT2D eigenvalue weighted by Gasteiger charge is 2.28. The van der Waals surface area contributed by atoms with Crippen LogP contribution in [0.15, 0.2) is 24.3 Å². The largest absolute Gasteiger partial charge is 0.481 e. The Morgan fingerprint density at radius 1 is 1.36 bits per heavy atom. The minimum absolute atomic E-state index is 0.221. The fourth-order valence-electron chi connectivity index (χ4n) is 2.47. The van der Waals surface area contributed by atoms with Crippen LogP contribution in [-0.4, -0.2) is 40.8 Å². The first kappa shape index (κ1) is 16.7. The molecule has 0 aromatic heterocycles. The average molecular weight is 322 g/mol. The quantitative estimate of drug-likeness (QED) is 0.873. The molecule has 1 atom stereocenters. The Morgan fingerprint density at radius 3 is 2.73 bits per heavy atom. The van der Waals surface area contributed by atoms with Gasteiger partial charge < -0.3 is 15.3 Å². The third-order valence-corrected chi connectivity index (χ3v) is 4.68. The molecule has 0 bridgehead atoms. The summed E-state index contributed by atoms with van der Waals surface area (Å²) < 4.78 is 0. The highest BCUT2D eigenvalue weighted by Crippen LogP contribution is 2.19. The van der Waals surface area contributed by atoms with Gasteiger partial charge in [0.2, 0.25) is 0 Å². The number of hydrogen-bond donors (Lipinski definition) is 2. The van der Waals surface area contributed by atoms with Crippen molar-refractivity contribution < 1.29 is 14.7 Å². The lowest BCUT2D eigenvalue weighted by molar-refractivity contribution is -0.143. The van der Waals surface area contributed by atoms with Crippen molar-refractivity contribution in [3.8, 4) is 0 Å². The van der Waals surface area contributed by atoms with E-state index in [2.05, 4.69) is 12.2 Å². The van der Waals surface area contributed by atoms with Gasteiger partial charge in [-0.2, -0.15) is 11.8 Å². The Morgan fingerprint density at radius 2 is 2.09 bits per heavy atom. The maximum Gasteiger partial charge on any atom is 0.321 e. The van der Waals surface area contributed by atoms with Gasteiger partial charge in [0.25, 0.3) is 0 Å². The number of urea groups is 1. The lowest BCUT2D eigenvalue weighted by Gasteiger charge is -2.30. The maximum absolute atomic E-state index is 12.2. The van der Waals surface area contributed by atoms with Gasteiger partial charge in [0.05, 0.1) is 5.92 Å². The van der Waals surface area contributed by atoms with Gasteiger partial charge in [-0.05, 0) is 36.3 Å². The molecule has 0 radical (unpaired) electrons. The van der Waals surface area contributed by atoms with Crippen LogP contribution in [0.25, 0.3) is 0 Å². The zero-order valence-corrected chi connectivity index (χ0v) is 13.6. The second-order valence-electron chi connectivity index (χ2n) is 5.39. The molecule has 6 heteroatoms. The van der Waals surface area contributed by atoms with Gasteiger partial charge in [-0.15, -0.1) is 0 Å². The fourth-order valence-corrected chi connectivity index (χ4v) is 3.10. The topological polar surface area (TPSA) is 69.6 Å². The first-order valence-corrected chi connectivity index (χ1v) is 8.71. The second kappa shape index (κ2) is 8.08. The second-order valence-corrected chi connectivity index (χ2v) is 6.66. The summed E-state index contributed by atoms with van der Waals surface area (Å²) in [7, 11) is 0. The highest BCUT2D eigenvalue weighted by molar-refractivity contribution is 7.98. The highest BCUT2D eigenvalue weighted by atomic mass is 32.2. The Labute approximate surface area is 135 Å². The molecule has 1 unspecified atom stereocenters. The predicted molar refractivity (Wildman–Crippen MR) is 89.2 cm³/mol. The first-order valence-electron chi connectivity index (χ1n) is 7.55. The van der Waals surface area contributed by atoms with Crippen molar-refractivity contribution in [3.05, 3.63) is 29.8 Å². The Hall–Kier alpha value is -1.69.